The molecule has 1 N–H and O–H groups in total. The van der Waals surface area contributed by atoms with Crippen LogP contribution in [0.15, 0.2) is 36.4 Å². The van der Waals surface area contributed by atoms with Gasteiger partial charge in [-0.2, -0.15) is 0 Å². The van der Waals surface area contributed by atoms with Gasteiger partial charge in [-0.3, -0.25) is 19.7 Å². The number of nitro benzene ring substituents is 1. The van der Waals surface area contributed by atoms with Crippen LogP contribution in [0.1, 0.15) is 30.9 Å². The monoisotopic (exact) mass is 434 g/mol. The highest BCUT2D eigenvalue weighted by atomic mass is 35.5. The van der Waals surface area contributed by atoms with Crippen LogP contribution in [0.2, 0.25) is 5.02 Å². The molecule has 1 amide bonds. The topological polar surface area (TPSA) is 108 Å². The van der Waals surface area contributed by atoms with Crippen LogP contribution in [0.25, 0.3) is 0 Å². The van der Waals surface area contributed by atoms with E-state index in [1.54, 1.807) is 31.2 Å². The first kappa shape index (κ1) is 23.2. The van der Waals surface area contributed by atoms with Gasteiger partial charge in [0.05, 0.1) is 18.0 Å². The second-order valence-electron chi connectivity index (χ2n) is 7.03. The number of nitrogens with zero attached hydrogens (tertiary/aromatic N) is 1. The van der Waals surface area contributed by atoms with Gasteiger partial charge >= 0.3 is 11.7 Å². The Balaban J connectivity index is 2.07. The number of nitrogens with one attached hydrogen (secondary N) is 1. The number of methoxy groups -OCH3 is 1. The van der Waals surface area contributed by atoms with E-state index in [-0.39, 0.29) is 17.4 Å². The van der Waals surface area contributed by atoms with E-state index in [0.717, 1.165) is 5.56 Å². The zero-order valence-corrected chi connectivity index (χ0v) is 17.9. The van der Waals surface area contributed by atoms with Gasteiger partial charge in [0.15, 0.2) is 12.4 Å². The first-order valence-electron chi connectivity index (χ1n) is 9.19. The molecule has 0 fully saturated rings. The predicted octanol–water partition coefficient (Wildman–Crippen LogP) is 4.49. The standard InChI is InChI=1S/C21H23ClN2O6/c1-12(2)20(14-5-7-15(22)8-6-14)21(26)30-11-19(25)23-16-10-18(29-4)17(24(27)28)9-13(16)3/h5-10,12,20H,11H2,1-4H3,(H,23,25)/t20-/m0/s1. The van der Waals surface area contributed by atoms with Gasteiger partial charge in [-0.1, -0.05) is 37.6 Å². The fraction of sp³-hybridized carbons (Fsp3) is 0.333. The highest BCUT2D eigenvalue weighted by Gasteiger charge is 2.26. The van der Waals surface area contributed by atoms with Crippen molar-refractivity contribution in [1.29, 1.82) is 0 Å². The van der Waals surface area contributed by atoms with Crippen LogP contribution in [0.3, 0.4) is 0 Å². The van der Waals surface area contributed by atoms with Gasteiger partial charge in [-0.15, -0.1) is 0 Å². The molecule has 9 heteroatoms. The minimum absolute atomic E-state index is 0.0144. The van der Waals surface area contributed by atoms with Crippen molar-refractivity contribution in [1.82, 2.24) is 0 Å². The Morgan fingerprint density at radius 3 is 2.37 bits per heavy atom. The molecule has 0 saturated heterocycles. The Hall–Kier alpha value is -3.13. The highest BCUT2D eigenvalue weighted by Crippen LogP contribution is 2.33. The number of hydrogen-bond donors (Lipinski definition) is 1. The second kappa shape index (κ2) is 10.1. The Labute approximate surface area is 179 Å². The third-order valence-corrected chi connectivity index (χ3v) is 4.74. The third kappa shape index (κ3) is 5.70. The molecule has 0 aliphatic rings. The zero-order chi connectivity index (χ0) is 22.4. The Morgan fingerprint density at radius 2 is 1.83 bits per heavy atom. The first-order chi connectivity index (χ1) is 14.1. The summed E-state index contributed by atoms with van der Waals surface area (Å²) in [6, 6.07) is 9.54. The minimum atomic E-state index is -0.569. The maximum absolute atomic E-state index is 12.6. The van der Waals surface area contributed by atoms with Crippen molar-refractivity contribution in [3.63, 3.8) is 0 Å². The number of nitro groups is 1. The molecular formula is C21H23ClN2O6. The average Bonchev–Trinajstić information content (AvgIpc) is 2.69. The Morgan fingerprint density at radius 1 is 1.20 bits per heavy atom. The minimum Gasteiger partial charge on any atom is -0.490 e. The molecule has 2 aromatic rings. The molecule has 0 aliphatic carbocycles. The number of halogens is 1. The number of esters is 1. The molecule has 0 aromatic heterocycles. The van der Waals surface area contributed by atoms with Crippen LogP contribution in [-0.2, 0) is 14.3 Å². The van der Waals surface area contributed by atoms with E-state index in [4.69, 9.17) is 21.1 Å². The molecule has 0 saturated carbocycles. The van der Waals surface area contributed by atoms with Crippen molar-refractivity contribution in [3.05, 3.63) is 62.7 Å². The summed E-state index contributed by atoms with van der Waals surface area (Å²) >= 11 is 5.90. The quantitative estimate of drug-likeness (QED) is 0.372. The molecule has 0 heterocycles. The van der Waals surface area contributed by atoms with Crippen molar-refractivity contribution in [2.24, 2.45) is 5.92 Å². The molecule has 160 valence electrons. The fourth-order valence-corrected chi connectivity index (χ4v) is 3.12. The van der Waals surface area contributed by atoms with E-state index in [9.17, 15) is 19.7 Å². The fourth-order valence-electron chi connectivity index (χ4n) is 2.99. The van der Waals surface area contributed by atoms with E-state index < -0.39 is 29.3 Å². The molecule has 0 spiro atoms. The summed E-state index contributed by atoms with van der Waals surface area (Å²) in [6.07, 6.45) is 0. The summed E-state index contributed by atoms with van der Waals surface area (Å²) in [6.45, 7) is 4.89. The number of ether oxygens (including phenoxy) is 2. The summed E-state index contributed by atoms with van der Waals surface area (Å²) in [5.41, 5.74) is 1.35. The maximum Gasteiger partial charge on any atom is 0.314 e. The number of anilines is 1. The molecule has 0 unspecified atom stereocenters. The molecule has 2 aromatic carbocycles. The van der Waals surface area contributed by atoms with E-state index >= 15 is 0 Å². The van der Waals surface area contributed by atoms with Crippen molar-refractivity contribution in [2.75, 3.05) is 19.0 Å². The number of carbonyl (C=O) groups is 2. The van der Waals surface area contributed by atoms with Crippen molar-refractivity contribution in [2.45, 2.75) is 26.7 Å². The van der Waals surface area contributed by atoms with Crippen LogP contribution in [0, 0.1) is 23.0 Å². The number of carbonyl (C=O) groups excluding carboxylic acids is 2. The van der Waals surface area contributed by atoms with Gasteiger partial charge in [0, 0.05) is 22.8 Å². The van der Waals surface area contributed by atoms with Gasteiger partial charge in [0.1, 0.15) is 0 Å². The lowest BCUT2D eigenvalue weighted by Crippen LogP contribution is -2.26. The van der Waals surface area contributed by atoms with E-state index in [2.05, 4.69) is 5.32 Å². The summed E-state index contributed by atoms with van der Waals surface area (Å²) in [7, 11) is 1.30. The van der Waals surface area contributed by atoms with Gasteiger partial charge < -0.3 is 14.8 Å². The zero-order valence-electron chi connectivity index (χ0n) is 17.1. The largest absolute Gasteiger partial charge is 0.490 e. The summed E-state index contributed by atoms with van der Waals surface area (Å²) < 4.78 is 10.2. The molecule has 0 bridgehead atoms. The second-order valence-corrected chi connectivity index (χ2v) is 7.46. The lowest BCUT2D eigenvalue weighted by atomic mass is 9.88. The number of benzene rings is 2. The number of aryl methyl sites for hydroxylation is 1. The van der Waals surface area contributed by atoms with Crippen LogP contribution in [-0.4, -0.2) is 30.5 Å². The summed E-state index contributed by atoms with van der Waals surface area (Å²) in [5.74, 6) is -1.68. The van der Waals surface area contributed by atoms with Gasteiger partial charge in [-0.25, -0.2) is 0 Å². The maximum atomic E-state index is 12.6. The van der Waals surface area contributed by atoms with Gasteiger partial charge in [0.2, 0.25) is 0 Å². The lowest BCUT2D eigenvalue weighted by Gasteiger charge is -2.20. The molecule has 30 heavy (non-hydrogen) atoms. The van der Waals surface area contributed by atoms with Crippen molar-refractivity contribution < 1.29 is 24.0 Å². The molecular weight excluding hydrogens is 412 g/mol. The summed E-state index contributed by atoms with van der Waals surface area (Å²) in [4.78, 5) is 35.4. The third-order valence-electron chi connectivity index (χ3n) is 4.49. The molecule has 2 rings (SSSR count). The average molecular weight is 435 g/mol. The van der Waals surface area contributed by atoms with Crippen LogP contribution >= 0.6 is 11.6 Å². The number of hydrogen-bond acceptors (Lipinski definition) is 6. The molecule has 0 aliphatic heterocycles. The van der Waals surface area contributed by atoms with Crippen molar-refractivity contribution in [3.8, 4) is 5.75 Å². The number of amides is 1. The predicted molar refractivity (Wildman–Crippen MR) is 113 cm³/mol. The van der Waals surface area contributed by atoms with Crippen molar-refractivity contribution >= 4 is 34.9 Å². The molecule has 0 radical (unpaired) electrons. The lowest BCUT2D eigenvalue weighted by molar-refractivity contribution is -0.385. The summed E-state index contributed by atoms with van der Waals surface area (Å²) in [5, 5.41) is 14.2. The normalized spacial score (nSPS) is 11.7. The van der Waals surface area contributed by atoms with E-state index in [0.29, 0.717) is 16.3 Å². The van der Waals surface area contributed by atoms with Gasteiger partial charge in [-0.05, 0) is 36.1 Å². The van der Waals surface area contributed by atoms with Crippen LogP contribution < -0.4 is 10.1 Å². The van der Waals surface area contributed by atoms with Crippen LogP contribution in [0.4, 0.5) is 11.4 Å². The molecule has 1 atom stereocenters. The smallest absolute Gasteiger partial charge is 0.314 e. The number of rotatable bonds is 8. The van der Waals surface area contributed by atoms with E-state index in [1.165, 1.54) is 19.2 Å². The Bertz CT molecular complexity index is 943. The van der Waals surface area contributed by atoms with E-state index in [1.807, 2.05) is 13.8 Å². The molecule has 8 nitrogen and oxygen atoms in total. The first-order valence-corrected chi connectivity index (χ1v) is 9.56. The highest BCUT2D eigenvalue weighted by molar-refractivity contribution is 6.30. The van der Waals surface area contributed by atoms with Gasteiger partial charge in [0.25, 0.3) is 5.91 Å². The van der Waals surface area contributed by atoms with Crippen LogP contribution in [0.5, 0.6) is 5.75 Å². The SMILES string of the molecule is COc1cc(NC(=O)COC(=O)[C@H](c2ccc(Cl)cc2)C(C)C)c(C)cc1[N+](=O)[O-]. The Kier molecular flexibility index (Phi) is 7.77.